The zero-order chi connectivity index (χ0) is 16.9. The highest BCUT2D eigenvalue weighted by molar-refractivity contribution is 5.89. The normalized spacial score (nSPS) is 11.2. The molecule has 22 heavy (non-hydrogen) atoms. The molecule has 0 saturated carbocycles. The number of nitrogens with zero attached hydrogens (tertiary/aromatic N) is 1. The first kappa shape index (κ1) is 17.8. The summed E-state index contributed by atoms with van der Waals surface area (Å²) in [6.07, 6.45) is -1.14. The Morgan fingerprint density at radius 1 is 1.27 bits per heavy atom. The zero-order valence-electron chi connectivity index (χ0n) is 13.5. The number of hydrogen-bond donors (Lipinski definition) is 2. The minimum Gasteiger partial charge on any atom is -0.496 e. The number of carbonyl (C=O) groups is 2. The summed E-state index contributed by atoms with van der Waals surface area (Å²) in [5.74, 6) is 0.0329. The Bertz CT molecular complexity index is 551. The smallest absolute Gasteiger partial charge is 0.419 e. The van der Waals surface area contributed by atoms with Crippen LogP contribution in [0, 0.1) is 0 Å². The van der Waals surface area contributed by atoms with Crippen molar-refractivity contribution in [1.29, 1.82) is 0 Å². The summed E-state index contributed by atoms with van der Waals surface area (Å²) in [6.45, 7) is 5.95. The summed E-state index contributed by atoms with van der Waals surface area (Å²) < 4.78 is 9.96. The van der Waals surface area contributed by atoms with E-state index in [1.807, 2.05) is 20.8 Å². The average molecular weight is 310 g/mol. The van der Waals surface area contributed by atoms with Crippen LogP contribution in [-0.4, -0.2) is 41.9 Å². The maximum absolute atomic E-state index is 11.5. The molecule has 0 heterocycles. The van der Waals surface area contributed by atoms with E-state index in [0.29, 0.717) is 17.9 Å². The van der Waals surface area contributed by atoms with Gasteiger partial charge in [0.25, 0.3) is 0 Å². The van der Waals surface area contributed by atoms with Crippen molar-refractivity contribution in [2.24, 2.45) is 0 Å². The van der Waals surface area contributed by atoms with E-state index in [9.17, 15) is 9.59 Å². The summed E-state index contributed by atoms with van der Waals surface area (Å²) in [5.41, 5.74) is 3.07. The predicted molar refractivity (Wildman–Crippen MR) is 80.8 cm³/mol. The van der Waals surface area contributed by atoms with Crippen molar-refractivity contribution in [1.82, 2.24) is 10.4 Å². The van der Waals surface area contributed by atoms with Crippen LogP contribution < -0.4 is 10.2 Å². The van der Waals surface area contributed by atoms with Crippen LogP contribution in [0.5, 0.6) is 5.75 Å². The van der Waals surface area contributed by atoms with Crippen LogP contribution in [0.3, 0.4) is 0 Å². The molecule has 0 saturated heterocycles. The largest absolute Gasteiger partial charge is 0.496 e. The molecule has 0 bridgehead atoms. The Morgan fingerprint density at radius 3 is 2.36 bits per heavy atom. The number of nitrogens with one attached hydrogen (secondary N) is 1. The average Bonchev–Trinajstić information content (AvgIpc) is 2.44. The second kappa shape index (κ2) is 7.13. The first-order valence-electron chi connectivity index (χ1n) is 6.71. The van der Waals surface area contributed by atoms with Crippen LogP contribution in [0.25, 0.3) is 0 Å². The number of carboxylic acid groups (broad SMARTS) is 1. The number of ether oxygens (including phenoxy) is 2. The summed E-state index contributed by atoms with van der Waals surface area (Å²) in [5, 5.41) is 10.5. The minimum atomic E-state index is -1.14. The third kappa shape index (κ3) is 4.63. The third-order valence-corrected chi connectivity index (χ3v) is 3.08. The lowest BCUT2D eigenvalue weighted by Gasteiger charge is -2.34. The molecular formula is C15H22N2O5. The van der Waals surface area contributed by atoms with E-state index in [0.717, 1.165) is 5.56 Å². The number of rotatable bonds is 5. The molecule has 0 spiro atoms. The maximum Gasteiger partial charge on any atom is 0.419 e. The van der Waals surface area contributed by atoms with Gasteiger partial charge in [-0.2, -0.15) is 0 Å². The first-order valence-corrected chi connectivity index (χ1v) is 6.71. The summed E-state index contributed by atoms with van der Waals surface area (Å²) in [6, 6.07) is 4.90. The van der Waals surface area contributed by atoms with Gasteiger partial charge in [0, 0.05) is 17.6 Å². The monoisotopic (exact) mass is 310 g/mol. The summed E-state index contributed by atoms with van der Waals surface area (Å²) in [4.78, 5) is 22.5. The molecule has 1 aromatic rings. The quantitative estimate of drug-likeness (QED) is 0.640. The number of esters is 1. The van der Waals surface area contributed by atoms with Crippen LogP contribution in [0.1, 0.15) is 36.7 Å². The molecule has 0 unspecified atom stereocenters. The molecule has 7 nitrogen and oxygen atoms in total. The number of benzene rings is 1. The van der Waals surface area contributed by atoms with Crippen LogP contribution in [0.15, 0.2) is 18.2 Å². The second-order valence-corrected chi connectivity index (χ2v) is 5.69. The molecule has 7 heteroatoms. The van der Waals surface area contributed by atoms with E-state index in [4.69, 9.17) is 9.84 Å². The van der Waals surface area contributed by atoms with E-state index in [-0.39, 0.29) is 0 Å². The van der Waals surface area contributed by atoms with Gasteiger partial charge in [-0.1, -0.05) is 6.07 Å². The Kier molecular flexibility index (Phi) is 5.76. The molecule has 0 radical (unpaired) electrons. The molecule has 0 aliphatic heterocycles. The number of methoxy groups -OCH3 is 2. The molecule has 0 aromatic heterocycles. The highest BCUT2D eigenvalue weighted by Gasteiger charge is 2.24. The summed E-state index contributed by atoms with van der Waals surface area (Å²) in [7, 11) is 2.80. The van der Waals surface area contributed by atoms with Gasteiger partial charge in [0.2, 0.25) is 0 Å². The van der Waals surface area contributed by atoms with Crippen molar-refractivity contribution >= 4 is 12.1 Å². The van der Waals surface area contributed by atoms with Gasteiger partial charge in [-0.05, 0) is 32.9 Å². The number of hydrazine groups is 1. The molecule has 0 fully saturated rings. The fourth-order valence-corrected chi connectivity index (χ4v) is 1.85. The van der Waals surface area contributed by atoms with Gasteiger partial charge in [0.05, 0.1) is 19.8 Å². The van der Waals surface area contributed by atoms with E-state index in [1.54, 1.807) is 23.2 Å². The van der Waals surface area contributed by atoms with Crippen LogP contribution in [0.4, 0.5) is 4.79 Å². The Morgan fingerprint density at radius 2 is 1.91 bits per heavy atom. The van der Waals surface area contributed by atoms with Gasteiger partial charge >= 0.3 is 12.1 Å². The highest BCUT2D eigenvalue weighted by Crippen LogP contribution is 2.24. The Balaban J connectivity index is 3.09. The molecule has 1 rings (SSSR count). The Labute approximate surface area is 129 Å². The van der Waals surface area contributed by atoms with Gasteiger partial charge in [-0.15, -0.1) is 0 Å². The van der Waals surface area contributed by atoms with Gasteiger partial charge < -0.3 is 14.6 Å². The fraction of sp³-hybridized carbons (Fsp3) is 0.467. The molecule has 1 amide bonds. The molecule has 0 aliphatic carbocycles. The van der Waals surface area contributed by atoms with Crippen molar-refractivity contribution in [3.05, 3.63) is 29.3 Å². The zero-order valence-corrected chi connectivity index (χ0v) is 13.5. The van der Waals surface area contributed by atoms with Crippen molar-refractivity contribution in [2.45, 2.75) is 32.9 Å². The molecule has 2 N–H and O–H groups in total. The molecular weight excluding hydrogens is 288 g/mol. The second-order valence-electron chi connectivity index (χ2n) is 5.69. The van der Waals surface area contributed by atoms with Crippen LogP contribution in [0.2, 0.25) is 0 Å². The van der Waals surface area contributed by atoms with E-state index in [2.05, 4.69) is 10.2 Å². The Hall–Kier alpha value is -2.28. The van der Waals surface area contributed by atoms with E-state index < -0.39 is 17.6 Å². The van der Waals surface area contributed by atoms with Gasteiger partial charge in [-0.25, -0.2) is 14.6 Å². The predicted octanol–water partition coefficient (Wildman–Crippen LogP) is 2.26. The highest BCUT2D eigenvalue weighted by atomic mass is 16.5. The van der Waals surface area contributed by atoms with Crippen molar-refractivity contribution < 1.29 is 24.2 Å². The maximum atomic E-state index is 11.5. The SMILES string of the molecule is COC(=O)c1ccc(CN(NC(=O)O)C(C)(C)C)c(OC)c1. The van der Waals surface area contributed by atoms with E-state index >= 15 is 0 Å². The van der Waals surface area contributed by atoms with Gasteiger partial charge in [0.15, 0.2) is 0 Å². The van der Waals surface area contributed by atoms with Crippen molar-refractivity contribution in [3.8, 4) is 5.75 Å². The number of hydrogen-bond acceptors (Lipinski definition) is 5. The van der Waals surface area contributed by atoms with E-state index in [1.165, 1.54) is 14.2 Å². The topological polar surface area (TPSA) is 88.1 Å². The fourth-order valence-electron chi connectivity index (χ4n) is 1.85. The van der Waals surface area contributed by atoms with Crippen molar-refractivity contribution in [3.63, 3.8) is 0 Å². The third-order valence-electron chi connectivity index (χ3n) is 3.08. The molecule has 0 aliphatic rings. The lowest BCUT2D eigenvalue weighted by molar-refractivity contribution is 0.0595. The number of carbonyl (C=O) groups excluding carboxylic acids is 1. The minimum absolute atomic E-state index is 0.292. The van der Waals surface area contributed by atoms with Crippen LogP contribution >= 0.6 is 0 Å². The van der Waals surface area contributed by atoms with Crippen LogP contribution in [-0.2, 0) is 11.3 Å². The lowest BCUT2D eigenvalue weighted by Crippen LogP contribution is -2.51. The number of amides is 1. The van der Waals surface area contributed by atoms with Gasteiger partial charge in [-0.3, -0.25) is 5.43 Å². The van der Waals surface area contributed by atoms with Gasteiger partial charge in [0.1, 0.15) is 5.75 Å². The lowest BCUT2D eigenvalue weighted by atomic mass is 10.1. The molecule has 122 valence electrons. The molecule has 0 atom stereocenters. The summed E-state index contributed by atoms with van der Waals surface area (Å²) >= 11 is 0. The molecule has 1 aromatic carbocycles. The first-order chi connectivity index (χ1) is 10.2. The standard InChI is InChI=1S/C15H22N2O5/c1-15(2,3)17(16-14(19)20)9-11-7-6-10(13(18)22-5)8-12(11)21-4/h6-8,16H,9H2,1-5H3,(H,19,20). The van der Waals surface area contributed by atoms with Crippen molar-refractivity contribution in [2.75, 3.05) is 14.2 Å².